The molecule has 24 heavy (non-hydrogen) atoms. The van der Waals surface area contributed by atoms with Crippen LogP contribution in [0.15, 0.2) is 54.6 Å². The largest absolute Gasteiger partial charge is 0.395 e. The number of likely N-dealkylation sites (N-methyl/N-ethyl adjacent to an activating group) is 1. The molecule has 2 amide bonds. The van der Waals surface area contributed by atoms with Gasteiger partial charge in [0.2, 0.25) is 0 Å². The maximum absolute atomic E-state index is 12.0. The van der Waals surface area contributed by atoms with Crippen molar-refractivity contribution in [3.63, 3.8) is 0 Å². The van der Waals surface area contributed by atoms with Crippen LogP contribution in [0.3, 0.4) is 0 Å². The molecule has 0 radical (unpaired) electrons. The predicted molar refractivity (Wildman–Crippen MR) is 94.1 cm³/mol. The van der Waals surface area contributed by atoms with E-state index in [1.807, 2.05) is 42.5 Å². The standard InChI is InChI=1S/C18H21N3O3/c1-2-21(12-13-22)18(24)17(23)20-16-10-8-15(9-11-16)19-14-6-4-3-5-7-14/h3-11,19,22H,2,12-13H2,1H3,(H,20,23). The molecular weight excluding hydrogens is 306 g/mol. The maximum Gasteiger partial charge on any atom is 0.313 e. The summed E-state index contributed by atoms with van der Waals surface area (Å²) < 4.78 is 0. The Hall–Kier alpha value is -2.86. The van der Waals surface area contributed by atoms with Crippen LogP contribution >= 0.6 is 0 Å². The second-order valence-electron chi connectivity index (χ2n) is 5.13. The Morgan fingerprint density at radius 2 is 1.54 bits per heavy atom. The van der Waals surface area contributed by atoms with Crippen LogP contribution in [0.2, 0.25) is 0 Å². The van der Waals surface area contributed by atoms with Crippen LogP contribution in [0.25, 0.3) is 0 Å². The molecule has 0 saturated heterocycles. The number of carbonyl (C=O) groups excluding carboxylic acids is 2. The van der Waals surface area contributed by atoms with E-state index in [1.54, 1.807) is 19.1 Å². The second-order valence-corrected chi connectivity index (χ2v) is 5.13. The molecule has 0 bridgehead atoms. The second kappa shape index (κ2) is 8.69. The minimum absolute atomic E-state index is 0.142. The summed E-state index contributed by atoms with van der Waals surface area (Å²) in [6.07, 6.45) is 0. The Balaban J connectivity index is 1.96. The SMILES string of the molecule is CCN(CCO)C(=O)C(=O)Nc1ccc(Nc2ccccc2)cc1. The van der Waals surface area contributed by atoms with Gasteiger partial charge in [0.1, 0.15) is 0 Å². The Morgan fingerprint density at radius 3 is 2.12 bits per heavy atom. The first-order chi connectivity index (χ1) is 11.6. The quantitative estimate of drug-likeness (QED) is 0.711. The lowest BCUT2D eigenvalue weighted by Gasteiger charge is -2.18. The van der Waals surface area contributed by atoms with Crippen molar-refractivity contribution in [2.75, 3.05) is 30.3 Å². The van der Waals surface area contributed by atoms with Crippen molar-refractivity contribution in [2.24, 2.45) is 0 Å². The van der Waals surface area contributed by atoms with E-state index in [2.05, 4.69) is 10.6 Å². The Kier molecular flexibility index (Phi) is 6.33. The third-order valence-electron chi connectivity index (χ3n) is 3.44. The van der Waals surface area contributed by atoms with Crippen LogP contribution in [0, 0.1) is 0 Å². The molecule has 0 aliphatic heterocycles. The predicted octanol–water partition coefficient (Wildman–Crippen LogP) is 2.21. The van der Waals surface area contributed by atoms with Crippen molar-refractivity contribution in [1.82, 2.24) is 4.90 Å². The third kappa shape index (κ3) is 4.82. The van der Waals surface area contributed by atoms with Gasteiger partial charge >= 0.3 is 11.8 Å². The summed E-state index contributed by atoms with van der Waals surface area (Å²) in [7, 11) is 0. The molecule has 0 saturated carbocycles. The topological polar surface area (TPSA) is 81.7 Å². The lowest BCUT2D eigenvalue weighted by molar-refractivity contribution is -0.143. The van der Waals surface area contributed by atoms with Gasteiger partial charge in [-0.15, -0.1) is 0 Å². The van der Waals surface area contributed by atoms with Gasteiger partial charge < -0.3 is 20.6 Å². The molecule has 0 aliphatic rings. The number of rotatable bonds is 6. The smallest absolute Gasteiger partial charge is 0.313 e. The van der Waals surface area contributed by atoms with Gasteiger partial charge in [-0.2, -0.15) is 0 Å². The van der Waals surface area contributed by atoms with Crippen LogP contribution in [0.5, 0.6) is 0 Å². The lowest BCUT2D eigenvalue weighted by Crippen LogP contribution is -2.41. The molecule has 0 aliphatic carbocycles. The van der Waals surface area contributed by atoms with Crippen LogP contribution in [-0.4, -0.2) is 41.5 Å². The number of aliphatic hydroxyl groups excluding tert-OH is 1. The average Bonchev–Trinajstić information content (AvgIpc) is 2.61. The fraction of sp³-hybridized carbons (Fsp3) is 0.222. The molecule has 2 rings (SSSR count). The zero-order valence-corrected chi connectivity index (χ0v) is 13.5. The molecule has 6 heteroatoms. The van der Waals surface area contributed by atoms with Gasteiger partial charge in [-0.25, -0.2) is 0 Å². The van der Waals surface area contributed by atoms with E-state index < -0.39 is 11.8 Å². The van der Waals surface area contributed by atoms with E-state index in [0.717, 1.165) is 11.4 Å². The minimum Gasteiger partial charge on any atom is -0.395 e. The zero-order valence-electron chi connectivity index (χ0n) is 13.5. The number of hydrogen-bond acceptors (Lipinski definition) is 4. The molecule has 2 aromatic carbocycles. The molecule has 0 fully saturated rings. The number of nitrogens with zero attached hydrogens (tertiary/aromatic N) is 1. The Bertz CT molecular complexity index is 672. The summed E-state index contributed by atoms with van der Waals surface area (Å²) >= 11 is 0. The molecule has 0 spiro atoms. The van der Waals surface area contributed by atoms with Crippen LogP contribution in [-0.2, 0) is 9.59 Å². The molecule has 3 N–H and O–H groups in total. The van der Waals surface area contributed by atoms with Crippen LogP contribution in [0.4, 0.5) is 17.1 Å². The number of para-hydroxylation sites is 1. The highest BCUT2D eigenvalue weighted by Gasteiger charge is 2.20. The number of amides is 2. The molecule has 2 aromatic rings. The number of hydrogen-bond donors (Lipinski definition) is 3. The highest BCUT2D eigenvalue weighted by atomic mass is 16.3. The third-order valence-corrected chi connectivity index (χ3v) is 3.44. The molecule has 6 nitrogen and oxygen atoms in total. The minimum atomic E-state index is -0.714. The van der Waals surface area contributed by atoms with Gasteiger partial charge in [-0.05, 0) is 43.3 Å². The van der Waals surface area contributed by atoms with E-state index in [9.17, 15) is 9.59 Å². The number of aliphatic hydroxyl groups is 1. The van der Waals surface area contributed by atoms with Crippen molar-refractivity contribution in [2.45, 2.75) is 6.92 Å². The van der Waals surface area contributed by atoms with Crippen molar-refractivity contribution in [3.05, 3.63) is 54.6 Å². The van der Waals surface area contributed by atoms with E-state index in [-0.39, 0.29) is 13.2 Å². The molecule has 0 unspecified atom stereocenters. The van der Waals surface area contributed by atoms with Gasteiger partial charge in [0.05, 0.1) is 6.61 Å². The fourth-order valence-electron chi connectivity index (χ4n) is 2.18. The monoisotopic (exact) mass is 327 g/mol. The summed E-state index contributed by atoms with van der Waals surface area (Å²) in [6, 6.07) is 16.8. The molecule has 0 atom stereocenters. The lowest BCUT2D eigenvalue weighted by atomic mass is 10.2. The molecule has 0 aromatic heterocycles. The Labute approximate surface area is 141 Å². The number of carbonyl (C=O) groups is 2. The van der Waals surface area contributed by atoms with E-state index >= 15 is 0 Å². The number of benzene rings is 2. The van der Waals surface area contributed by atoms with Crippen molar-refractivity contribution < 1.29 is 14.7 Å². The Morgan fingerprint density at radius 1 is 0.958 bits per heavy atom. The summed E-state index contributed by atoms with van der Waals surface area (Å²) in [4.78, 5) is 25.2. The maximum atomic E-state index is 12.0. The normalized spacial score (nSPS) is 10.1. The first-order valence-corrected chi connectivity index (χ1v) is 7.77. The number of nitrogens with one attached hydrogen (secondary N) is 2. The zero-order chi connectivity index (χ0) is 17.4. The van der Waals surface area contributed by atoms with Crippen molar-refractivity contribution >= 4 is 28.9 Å². The number of anilines is 3. The van der Waals surface area contributed by atoms with Gasteiger partial charge in [-0.1, -0.05) is 18.2 Å². The summed E-state index contributed by atoms with van der Waals surface area (Å²) in [5, 5.41) is 14.7. The van der Waals surface area contributed by atoms with Crippen molar-refractivity contribution in [1.29, 1.82) is 0 Å². The van der Waals surface area contributed by atoms with Gasteiger partial charge in [0.15, 0.2) is 0 Å². The molecule has 126 valence electrons. The fourth-order valence-corrected chi connectivity index (χ4v) is 2.18. The highest BCUT2D eigenvalue weighted by Crippen LogP contribution is 2.18. The molecule has 0 heterocycles. The van der Waals surface area contributed by atoms with Gasteiger partial charge in [0.25, 0.3) is 0 Å². The molecular formula is C18H21N3O3. The van der Waals surface area contributed by atoms with E-state index in [1.165, 1.54) is 4.90 Å². The average molecular weight is 327 g/mol. The summed E-state index contributed by atoms with van der Waals surface area (Å²) in [5.41, 5.74) is 2.38. The van der Waals surface area contributed by atoms with Crippen molar-refractivity contribution in [3.8, 4) is 0 Å². The van der Waals surface area contributed by atoms with Gasteiger partial charge in [0, 0.05) is 30.2 Å². The van der Waals surface area contributed by atoms with Gasteiger partial charge in [-0.3, -0.25) is 9.59 Å². The van der Waals surface area contributed by atoms with Crippen LogP contribution in [0.1, 0.15) is 6.92 Å². The summed E-state index contributed by atoms with van der Waals surface area (Å²) in [6.45, 7) is 2.09. The van der Waals surface area contributed by atoms with E-state index in [4.69, 9.17) is 5.11 Å². The van der Waals surface area contributed by atoms with Crippen LogP contribution < -0.4 is 10.6 Å². The summed E-state index contributed by atoms with van der Waals surface area (Å²) in [5.74, 6) is -1.37. The highest BCUT2D eigenvalue weighted by molar-refractivity contribution is 6.39. The first-order valence-electron chi connectivity index (χ1n) is 7.77. The first kappa shape index (κ1) is 17.5. The van der Waals surface area contributed by atoms with E-state index in [0.29, 0.717) is 12.2 Å².